The van der Waals surface area contributed by atoms with Crippen molar-refractivity contribution in [1.82, 2.24) is 0 Å². The van der Waals surface area contributed by atoms with Crippen LogP contribution in [-0.4, -0.2) is 25.0 Å². The van der Waals surface area contributed by atoms with Crippen molar-refractivity contribution in [3.05, 3.63) is 35.4 Å². The van der Waals surface area contributed by atoms with Gasteiger partial charge in [-0.3, -0.25) is 0 Å². The Bertz CT molecular complexity index is 812. The molecule has 0 aromatic heterocycles. The minimum absolute atomic E-state index is 0.112. The fourth-order valence-electron chi connectivity index (χ4n) is 4.32. The van der Waals surface area contributed by atoms with Crippen molar-refractivity contribution < 1.29 is 9.47 Å². The van der Waals surface area contributed by atoms with E-state index in [1.165, 1.54) is 5.56 Å². The maximum absolute atomic E-state index is 10.2. The summed E-state index contributed by atoms with van der Waals surface area (Å²) in [5.74, 6) is -1.48. The molecule has 0 bridgehead atoms. The molecule has 26 heavy (non-hydrogen) atoms. The molecule has 1 aromatic rings. The van der Waals surface area contributed by atoms with Crippen LogP contribution in [0.25, 0.3) is 0 Å². The summed E-state index contributed by atoms with van der Waals surface area (Å²) in [4.78, 5) is 4.34. The Morgan fingerprint density at radius 1 is 1.12 bits per heavy atom. The predicted octanol–water partition coefficient (Wildman–Crippen LogP) is 3.02. The molecule has 3 unspecified atom stereocenters. The number of nitrogens with two attached hydrogens (primary N) is 1. The van der Waals surface area contributed by atoms with Crippen molar-refractivity contribution in [3.63, 3.8) is 0 Å². The van der Waals surface area contributed by atoms with Gasteiger partial charge in [-0.15, -0.1) is 0 Å². The van der Waals surface area contributed by atoms with Gasteiger partial charge in [-0.25, -0.2) is 4.99 Å². The summed E-state index contributed by atoms with van der Waals surface area (Å²) < 4.78 is 11.7. The number of hydrogen-bond donors (Lipinski definition) is 1. The topological polar surface area (TPSA) is 104 Å². The highest BCUT2D eigenvalue weighted by molar-refractivity contribution is 6.00. The molecule has 0 spiro atoms. The number of hydrogen-bond acceptors (Lipinski definition) is 6. The Kier molecular flexibility index (Phi) is 4.30. The molecule has 3 atom stereocenters. The highest BCUT2D eigenvalue weighted by atomic mass is 16.7. The van der Waals surface area contributed by atoms with Crippen LogP contribution in [-0.2, 0) is 9.47 Å². The molecule has 0 amide bonds. The van der Waals surface area contributed by atoms with Crippen LogP contribution in [0.2, 0.25) is 0 Å². The summed E-state index contributed by atoms with van der Waals surface area (Å²) in [6, 6.07) is 12.6. The molecule has 1 aromatic carbocycles. The maximum atomic E-state index is 10.2. The predicted molar refractivity (Wildman–Crippen MR) is 97.0 cm³/mol. The number of benzene rings is 1. The minimum Gasteiger partial charge on any atom is -0.386 e. The summed E-state index contributed by atoms with van der Waals surface area (Å²) in [5, 5.41) is 20.2. The first-order chi connectivity index (χ1) is 12.4. The summed E-state index contributed by atoms with van der Waals surface area (Å²) in [7, 11) is 0. The molecular formula is C20H24N4O2. The number of rotatable bonds is 6. The van der Waals surface area contributed by atoms with E-state index in [-0.39, 0.29) is 5.84 Å². The van der Waals surface area contributed by atoms with Crippen molar-refractivity contribution in [2.45, 2.75) is 45.4 Å². The molecule has 0 radical (unpaired) electrons. The Morgan fingerprint density at radius 3 is 2.12 bits per heavy atom. The summed E-state index contributed by atoms with van der Waals surface area (Å²) in [5.41, 5.74) is 5.73. The molecule has 6 heteroatoms. The largest absolute Gasteiger partial charge is 0.386 e. The molecule has 2 aliphatic rings. The molecule has 1 aliphatic carbocycles. The average molecular weight is 352 g/mol. The zero-order valence-electron chi connectivity index (χ0n) is 15.6. The van der Waals surface area contributed by atoms with Gasteiger partial charge in [0.15, 0.2) is 5.41 Å². The lowest BCUT2D eigenvalue weighted by Gasteiger charge is -2.31. The van der Waals surface area contributed by atoms with Crippen LogP contribution in [0, 0.1) is 33.5 Å². The molecular weight excluding hydrogens is 328 g/mol. The minimum atomic E-state index is -1.55. The lowest BCUT2D eigenvalue weighted by Crippen LogP contribution is -2.43. The van der Waals surface area contributed by atoms with Crippen molar-refractivity contribution in [2.24, 2.45) is 21.6 Å². The van der Waals surface area contributed by atoms with Gasteiger partial charge in [0.05, 0.1) is 12.1 Å². The second-order valence-electron chi connectivity index (χ2n) is 7.04. The van der Waals surface area contributed by atoms with Gasteiger partial charge in [0.2, 0.25) is 0 Å². The van der Waals surface area contributed by atoms with Crippen molar-refractivity contribution >= 4 is 5.84 Å². The Morgan fingerprint density at radius 2 is 1.69 bits per heavy atom. The second kappa shape index (κ2) is 6.09. The molecule has 1 aliphatic heterocycles. The second-order valence-corrected chi connectivity index (χ2v) is 7.04. The molecule has 0 saturated heterocycles. The van der Waals surface area contributed by atoms with E-state index in [0.29, 0.717) is 19.1 Å². The van der Waals surface area contributed by atoms with Crippen LogP contribution in [0.1, 0.15) is 50.7 Å². The normalized spacial score (nSPS) is 31.0. The van der Waals surface area contributed by atoms with E-state index in [1.807, 2.05) is 24.3 Å². The van der Waals surface area contributed by atoms with E-state index < -0.39 is 22.7 Å². The summed E-state index contributed by atoms with van der Waals surface area (Å²) in [6.45, 7) is 8.43. The molecule has 3 rings (SSSR count). The number of fused-ring (bicyclic) bond motifs is 1. The highest BCUT2D eigenvalue weighted by Gasteiger charge is 2.93. The Labute approximate surface area is 154 Å². The molecule has 6 nitrogen and oxygen atoms in total. The lowest BCUT2D eigenvalue weighted by molar-refractivity contribution is -0.255. The van der Waals surface area contributed by atoms with Gasteiger partial charge in [0.25, 0.3) is 5.91 Å². The first-order valence-corrected chi connectivity index (χ1v) is 8.96. The highest BCUT2D eigenvalue weighted by Crippen LogP contribution is 2.81. The fourth-order valence-corrected chi connectivity index (χ4v) is 4.32. The van der Waals surface area contributed by atoms with Gasteiger partial charge in [-0.2, -0.15) is 10.5 Å². The van der Waals surface area contributed by atoms with Gasteiger partial charge in [0, 0.05) is 19.1 Å². The van der Waals surface area contributed by atoms with Crippen LogP contribution in [0.15, 0.2) is 29.3 Å². The SMILES string of the molecule is CCOC1(OCC)N=C(N)C2(C#N)C(c3ccc(C(C)C)cc3)C12C#N. The van der Waals surface area contributed by atoms with Crippen molar-refractivity contribution in [2.75, 3.05) is 13.2 Å². The Balaban J connectivity index is 2.15. The fraction of sp³-hybridized carbons (Fsp3) is 0.550. The van der Waals surface area contributed by atoms with Crippen molar-refractivity contribution in [3.8, 4) is 12.1 Å². The van der Waals surface area contributed by atoms with E-state index in [2.05, 4.69) is 31.0 Å². The van der Waals surface area contributed by atoms with Crippen LogP contribution in [0.5, 0.6) is 0 Å². The van der Waals surface area contributed by atoms with E-state index in [0.717, 1.165) is 5.56 Å². The van der Waals surface area contributed by atoms with E-state index in [4.69, 9.17) is 15.2 Å². The lowest BCUT2D eigenvalue weighted by atomic mass is 9.93. The first kappa shape index (κ1) is 18.4. The molecule has 1 heterocycles. The number of nitriles is 2. The maximum Gasteiger partial charge on any atom is 0.293 e. The molecule has 1 fully saturated rings. The third kappa shape index (κ3) is 1.95. The zero-order chi connectivity index (χ0) is 19.2. The van der Waals surface area contributed by atoms with Gasteiger partial charge in [-0.1, -0.05) is 38.1 Å². The van der Waals surface area contributed by atoms with E-state index in [1.54, 1.807) is 13.8 Å². The first-order valence-electron chi connectivity index (χ1n) is 8.96. The number of ether oxygens (including phenoxy) is 2. The third-order valence-electron chi connectivity index (χ3n) is 5.54. The average Bonchev–Trinajstić information content (AvgIpc) is 3.21. The van der Waals surface area contributed by atoms with Gasteiger partial charge < -0.3 is 15.2 Å². The standard InChI is InChI=1S/C20H24N4O2/c1-5-25-20(26-6-2)19(12-22)16(18(19,11-21)17(23)24-20)15-9-7-14(8-10-15)13(3)4/h7-10,13,16H,5-6H2,1-4H3,(H2,23,24). The van der Waals surface area contributed by atoms with Crippen LogP contribution >= 0.6 is 0 Å². The molecule has 1 saturated carbocycles. The van der Waals surface area contributed by atoms with Crippen molar-refractivity contribution in [1.29, 1.82) is 10.5 Å². The Hall–Kier alpha value is -2.41. The number of amidine groups is 1. The van der Waals surface area contributed by atoms with Crippen LogP contribution in [0.4, 0.5) is 0 Å². The smallest absolute Gasteiger partial charge is 0.293 e. The quantitative estimate of drug-likeness (QED) is 0.792. The monoisotopic (exact) mass is 352 g/mol. The van der Waals surface area contributed by atoms with Gasteiger partial charge in [0.1, 0.15) is 11.3 Å². The van der Waals surface area contributed by atoms with Gasteiger partial charge in [-0.05, 0) is 30.9 Å². The van der Waals surface area contributed by atoms with E-state index >= 15 is 0 Å². The van der Waals surface area contributed by atoms with Crippen LogP contribution in [0.3, 0.4) is 0 Å². The number of nitrogens with zero attached hydrogens (tertiary/aromatic N) is 3. The van der Waals surface area contributed by atoms with Gasteiger partial charge >= 0.3 is 0 Å². The zero-order valence-corrected chi connectivity index (χ0v) is 15.6. The molecule has 2 N–H and O–H groups in total. The van der Waals surface area contributed by atoms with Crippen LogP contribution < -0.4 is 5.73 Å². The third-order valence-corrected chi connectivity index (χ3v) is 5.54. The molecule has 136 valence electrons. The summed E-state index contributed by atoms with van der Waals surface area (Å²) in [6.07, 6.45) is 0. The number of aliphatic imine (C=N–C) groups is 1. The van der Waals surface area contributed by atoms with E-state index in [9.17, 15) is 10.5 Å². The summed E-state index contributed by atoms with van der Waals surface area (Å²) >= 11 is 0.